The highest BCUT2D eigenvalue weighted by atomic mass is 16.3. The summed E-state index contributed by atoms with van der Waals surface area (Å²) in [6.45, 7) is 0. The molecule has 4 aromatic heterocycles. The summed E-state index contributed by atoms with van der Waals surface area (Å²) in [6, 6.07) is 49.8. The molecule has 1 aliphatic carbocycles. The second-order valence-electron chi connectivity index (χ2n) is 13.9. The second-order valence-corrected chi connectivity index (χ2v) is 13.9. The van der Waals surface area contributed by atoms with Crippen LogP contribution in [0.1, 0.15) is 12.8 Å². The first-order valence-corrected chi connectivity index (χ1v) is 17.9. The summed E-state index contributed by atoms with van der Waals surface area (Å²) >= 11 is 0. The van der Waals surface area contributed by atoms with Crippen molar-refractivity contribution in [1.29, 1.82) is 0 Å². The van der Waals surface area contributed by atoms with E-state index >= 15 is 0 Å². The first-order valence-electron chi connectivity index (χ1n) is 17.9. The Kier molecular flexibility index (Phi) is 5.58. The summed E-state index contributed by atoms with van der Waals surface area (Å²) in [7, 11) is 0. The normalized spacial score (nSPS) is 13.2. The quantitative estimate of drug-likeness (QED) is 0.188. The van der Waals surface area contributed by atoms with Gasteiger partial charge in [-0.25, -0.2) is 0 Å². The highest BCUT2D eigenvalue weighted by molar-refractivity contribution is 6.12. The fraction of sp³-hybridized carbons (Fsp3) is 0.0417. The molecule has 0 saturated carbocycles. The van der Waals surface area contributed by atoms with Crippen LogP contribution in [0.15, 0.2) is 153 Å². The van der Waals surface area contributed by atoms with Gasteiger partial charge in [-0.1, -0.05) is 78.9 Å². The molecule has 0 saturated heterocycles. The van der Waals surface area contributed by atoms with E-state index in [1.54, 1.807) is 0 Å². The van der Waals surface area contributed by atoms with E-state index in [0.717, 1.165) is 90.0 Å². The molecular weight excluding hydrogens is 639 g/mol. The molecule has 11 aromatic rings. The number of para-hydroxylation sites is 3. The van der Waals surface area contributed by atoms with Gasteiger partial charge in [-0.3, -0.25) is 0 Å². The Morgan fingerprint density at radius 3 is 2.02 bits per heavy atom. The van der Waals surface area contributed by atoms with Crippen molar-refractivity contribution in [3.05, 3.63) is 150 Å². The highest BCUT2D eigenvalue weighted by Gasteiger charge is 2.18. The van der Waals surface area contributed by atoms with Gasteiger partial charge in [0.05, 0.1) is 11.0 Å². The number of hydrogen-bond donors (Lipinski definition) is 0. The lowest BCUT2D eigenvalue weighted by Crippen LogP contribution is -2.21. The van der Waals surface area contributed by atoms with E-state index < -0.39 is 0 Å². The number of aromatic nitrogens is 1. The lowest BCUT2D eigenvalue weighted by molar-refractivity contribution is 0.572. The van der Waals surface area contributed by atoms with E-state index in [2.05, 4.69) is 144 Å². The van der Waals surface area contributed by atoms with Gasteiger partial charge in [-0.2, -0.15) is 0 Å². The third kappa shape index (κ3) is 3.92. The molecule has 52 heavy (non-hydrogen) atoms. The molecular formula is C48H29NO3. The standard InChI is InChI=1S/C48H29NO3/c1-4-13-41-33(8-1)38-24-28(29-18-22-45-39(25-29)35-10-3-5-14-43(35)50-45)17-21-42(38)49(41)31-19-23-46-40(27-31)36-20-16-30(26-47(36)51-46)32-11-7-12-37-34-9-2-6-15-44(34)52-48(32)37/h1,3-5,7-27H,2,6H2. The number of rotatable bonds is 3. The van der Waals surface area contributed by atoms with Crippen molar-refractivity contribution in [2.24, 2.45) is 0 Å². The van der Waals surface area contributed by atoms with Crippen molar-refractivity contribution < 1.29 is 13.3 Å². The molecule has 0 spiro atoms. The molecule has 0 N–H and O–H groups in total. The van der Waals surface area contributed by atoms with Gasteiger partial charge in [0, 0.05) is 54.2 Å². The molecule has 0 unspecified atom stereocenters. The summed E-state index contributed by atoms with van der Waals surface area (Å²) in [5.74, 6) is 0. The predicted molar refractivity (Wildman–Crippen MR) is 213 cm³/mol. The van der Waals surface area contributed by atoms with Crippen molar-refractivity contribution in [2.45, 2.75) is 12.8 Å². The summed E-state index contributed by atoms with van der Waals surface area (Å²) in [5.41, 5.74) is 13.4. The molecule has 0 aliphatic heterocycles. The van der Waals surface area contributed by atoms with Crippen LogP contribution in [0.2, 0.25) is 0 Å². The van der Waals surface area contributed by atoms with Crippen LogP contribution in [-0.4, -0.2) is 4.57 Å². The average molecular weight is 668 g/mol. The zero-order valence-electron chi connectivity index (χ0n) is 28.0. The number of benzene rings is 7. The fourth-order valence-electron chi connectivity index (χ4n) is 8.60. The first kappa shape index (κ1) is 28.0. The Labute approximate surface area is 296 Å². The van der Waals surface area contributed by atoms with Crippen LogP contribution in [0.5, 0.6) is 0 Å². The van der Waals surface area contributed by atoms with Crippen LogP contribution in [0.4, 0.5) is 0 Å². The van der Waals surface area contributed by atoms with Gasteiger partial charge in [0.2, 0.25) is 0 Å². The van der Waals surface area contributed by atoms with Crippen molar-refractivity contribution in [3.8, 4) is 27.9 Å². The summed E-state index contributed by atoms with van der Waals surface area (Å²) < 4.78 is 21.4. The maximum Gasteiger partial charge on any atom is 0.143 e. The van der Waals surface area contributed by atoms with Crippen LogP contribution in [-0.2, 0) is 0 Å². The van der Waals surface area contributed by atoms with E-state index in [9.17, 15) is 0 Å². The molecule has 0 atom stereocenters. The van der Waals surface area contributed by atoms with E-state index in [0.29, 0.717) is 0 Å². The smallest absolute Gasteiger partial charge is 0.143 e. The summed E-state index contributed by atoms with van der Waals surface area (Å²) in [4.78, 5) is 0. The average Bonchev–Trinajstić information content (AvgIpc) is 3.95. The minimum Gasteiger partial charge on any atom is -0.456 e. The number of fused-ring (bicyclic) bond motifs is 12. The molecule has 4 heterocycles. The van der Waals surface area contributed by atoms with E-state index in [1.165, 1.54) is 38.0 Å². The van der Waals surface area contributed by atoms with Gasteiger partial charge in [-0.05, 0) is 102 Å². The molecule has 12 rings (SSSR count). The van der Waals surface area contributed by atoms with Crippen LogP contribution >= 0.6 is 0 Å². The Morgan fingerprint density at radius 1 is 0.404 bits per heavy atom. The maximum atomic E-state index is 6.51. The highest BCUT2D eigenvalue weighted by Crippen LogP contribution is 2.39. The molecule has 244 valence electrons. The Balaban J connectivity index is 0.995. The topological polar surface area (TPSA) is 44.4 Å². The first-order chi connectivity index (χ1) is 25.7. The van der Waals surface area contributed by atoms with Gasteiger partial charge in [-0.15, -0.1) is 0 Å². The van der Waals surface area contributed by atoms with E-state index in [1.807, 2.05) is 12.1 Å². The molecule has 4 nitrogen and oxygen atoms in total. The van der Waals surface area contributed by atoms with Gasteiger partial charge in [0.1, 0.15) is 33.3 Å². The van der Waals surface area contributed by atoms with Gasteiger partial charge >= 0.3 is 0 Å². The van der Waals surface area contributed by atoms with Crippen LogP contribution in [0.25, 0.3) is 117 Å². The Morgan fingerprint density at radius 2 is 1.08 bits per heavy atom. The molecule has 0 radical (unpaired) electrons. The van der Waals surface area contributed by atoms with Crippen molar-refractivity contribution in [1.82, 2.24) is 4.57 Å². The molecule has 0 bridgehead atoms. The molecule has 7 aromatic carbocycles. The van der Waals surface area contributed by atoms with Crippen molar-refractivity contribution >= 4 is 88.8 Å². The Hall–Kier alpha value is -6.78. The van der Waals surface area contributed by atoms with E-state index in [-0.39, 0.29) is 0 Å². The molecule has 1 aliphatic rings. The van der Waals surface area contributed by atoms with Crippen molar-refractivity contribution in [2.75, 3.05) is 0 Å². The number of furan rings is 3. The monoisotopic (exact) mass is 667 g/mol. The van der Waals surface area contributed by atoms with E-state index in [4.69, 9.17) is 13.3 Å². The largest absolute Gasteiger partial charge is 0.456 e. The summed E-state index contributed by atoms with van der Waals surface area (Å²) in [5, 5.41) is 9.29. The molecule has 0 fully saturated rings. The van der Waals surface area contributed by atoms with Crippen LogP contribution < -0.4 is 10.6 Å². The zero-order chi connectivity index (χ0) is 33.9. The predicted octanol–water partition coefficient (Wildman–Crippen LogP) is 12.0. The Bertz CT molecular complexity index is 3420. The zero-order valence-corrected chi connectivity index (χ0v) is 28.0. The van der Waals surface area contributed by atoms with Gasteiger partial charge in [0.15, 0.2) is 0 Å². The number of hydrogen-bond acceptors (Lipinski definition) is 3. The number of nitrogens with zero attached hydrogens (tertiary/aromatic N) is 1. The molecule has 4 heteroatoms. The van der Waals surface area contributed by atoms with Gasteiger partial charge in [0.25, 0.3) is 0 Å². The maximum absolute atomic E-state index is 6.51. The SMILES string of the molecule is C1=c2oc3c(-c4ccc5c(c4)oc4ccc(-n6c7ccccc7c7cc(-c8ccc9oc%10ccccc%10c9c8)ccc76)cc45)cccc3c2=CCC1. The van der Waals surface area contributed by atoms with Crippen molar-refractivity contribution in [3.63, 3.8) is 0 Å². The minimum absolute atomic E-state index is 0.866. The molecule has 0 amide bonds. The minimum atomic E-state index is 0.866. The van der Waals surface area contributed by atoms with Crippen LogP contribution in [0, 0.1) is 0 Å². The van der Waals surface area contributed by atoms with Gasteiger partial charge < -0.3 is 17.8 Å². The van der Waals surface area contributed by atoms with Crippen LogP contribution in [0.3, 0.4) is 0 Å². The lowest BCUT2D eigenvalue weighted by Gasteiger charge is -2.09. The lowest BCUT2D eigenvalue weighted by atomic mass is 10.0. The summed E-state index contributed by atoms with van der Waals surface area (Å²) in [6.07, 6.45) is 6.57. The third-order valence-electron chi connectivity index (χ3n) is 11.0. The third-order valence-corrected chi connectivity index (χ3v) is 11.0. The fourth-order valence-corrected chi connectivity index (χ4v) is 8.60. The second kappa shape index (κ2) is 10.4.